The molecule has 1 saturated carbocycles. The summed E-state index contributed by atoms with van der Waals surface area (Å²) in [7, 11) is 3.05. The van der Waals surface area contributed by atoms with Crippen molar-refractivity contribution in [2.24, 2.45) is 5.92 Å². The zero-order valence-electron chi connectivity index (χ0n) is 9.16. The van der Waals surface area contributed by atoms with E-state index in [-0.39, 0.29) is 12.1 Å². The molecule has 14 heavy (non-hydrogen) atoms. The summed E-state index contributed by atoms with van der Waals surface area (Å²) in [6.45, 7) is 3.25. The summed E-state index contributed by atoms with van der Waals surface area (Å²) in [5, 5.41) is 0. The first kappa shape index (κ1) is 11.3. The van der Waals surface area contributed by atoms with Gasteiger partial charge in [-0.3, -0.25) is 0 Å². The summed E-state index contributed by atoms with van der Waals surface area (Å²) in [4.78, 5) is 13.2. The first-order chi connectivity index (χ1) is 6.70. The molecule has 1 atom stereocenters. The topological polar surface area (TPSA) is 38.8 Å². The SMILES string of the molecule is COCCN(C(=O)OC)C(C)C1CC1. The second-order valence-corrected chi connectivity index (χ2v) is 3.73. The molecule has 82 valence electrons. The molecule has 0 heterocycles. The Hall–Kier alpha value is -0.770. The maximum absolute atomic E-state index is 11.4. The lowest BCUT2D eigenvalue weighted by molar-refractivity contribution is 0.0828. The number of nitrogens with zero attached hydrogens (tertiary/aromatic N) is 1. The molecule has 0 aromatic rings. The minimum absolute atomic E-state index is 0.249. The third kappa shape index (κ3) is 2.87. The third-order valence-electron chi connectivity index (χ3n) is 2.74. The van der Waals surface area contributed by atoms with Crippen LogP contribution in [0.15, 0.2) is 0 Å². The van der Waals surface area contributed by atoms with E-state index in [2.05, 4.69) is 6.92 Å². The predicted molar refractivity (Wildman–Crippen MR) is 53.2 cm³/mol. The average molecular weight is 201 g/mol. The summed E-state index contributed by atoms with van der Waals surface area (Å²) < 4.78 is 9.71. The van der Waals surface area contributed by atoms with Crippen LogP contribution < -0.4 is 0 Å². The Kier molecular flexibility index (Phi) is 4.20. The lowest BCUT2D eigenvalue weighted by Crippen LogP contribution is -2.41. The van der Waals surface area contributed by atoms with Gasteiger partial charge in [-0.05, 0) is 25.7 Å². The van der Waals surface area contributed by atoms with Gasteiger partial charge in [-0.25, -0.2) is 4.79 Å². The zero-order valence-corrected chi connectivity index (χ0v) is 9.16. The number of hydrogen-bond acceptors (Lipinski definition) is 3. The van der Waals surface area contributed by atoms with Crippen LogP contribution in [-0.4, -0.2) is 44.4 Å². The third-order valence-corrected chi connectivity index (χ3v) is 2.74. The van der Waals surface area contributed by atoms with Crippen LogP contribution >= 0.6 is 0 Å². The van der Waals surface area contributed by atoms with Crippen molar-refractivity contribution < 1.29 is 14.3 Å². The number of hydrogen-bond donors (Lipinski definition) is 0. The summed E-state index contributed by atoms with van der Waals surface area (Å²) in [5.41, 5.74) is 0. The smallest absolute Gasteiger partial charge is 0.409 e. The van der Waals surface area contributed by atoms with Gasteiger partial charge in [0.1, 0.15) is 0 Å². The normalized spacial score (nSPS) is 17.6. The van der Waals surface area contributed by atoms with E-state index in [1.54, 1.807) is 12.0 Å². The van der Waals surface area contributed by atoms with Gasteiger partial charge in [-0.2, -0.15) is 0 Å². The Balaban J connectivity index is 2.45. The minimum Gasteiger partial charge on any atom is -0.453 e. The zero-order chi connectivity index (χ0) is 10.6. The van der Waals surface area contributed by atoms with Crippen molar-refractivity contribution in [3.8, 4) is 0 Å². The molecule has 1 fully saturated rings. The van der Waals surface area contributed by atoms with Crippen LogP contribution in [0.1, 0.15) is 19.8 Å². The standard InChI is InChI=1S/C10H19NO3/c1-8(9-4-5-9)11(6-7-13-2)10(12)14-3/h8-9H,4-7H2,1-3H3. The van der Waals surface area contributed by atoms with Gasteiger partial charge in [0.05, 0.1) is 13.7 Å². The number of amides is 1. The van der Waals surface area contributed by atoms with Crippen molar-refractivity contribution in [3.63, 3.8) is 0 Å². The van der Waals surface area contributed by atoms with E-state index in [9.17, 15) is 4.79 Å². The van der Waals surface area contributed by atoms with Gasteiger partial charge in [0.25, 0.3) is 0 Å². The lowest BCUT2D eigenvalue weighted by Gasteiger charge is -2.27. The molecule has 0 radical (unpaired) electrons. The molecule has 0 aromatic carbocycles. The van der Waals surface area contributed by atoms with Crippen LogP contribution in [-0.2, 0) is 9.47 Å². The predicted octanol–water partition coefficient (Wildman–Crippen LogP) is 1.50. The summed E-state index contributed by atoms with van der Waals surface area (Å²) in [6, 6.07) is 0.276. The maximum Gasteiger partial charge on any atom is 0.409 e. The van der Waals surface area contributed by atoms with Crippen LogP contribution in [0.2, 0.25) is 0 Å². The Labute approximate surface area is 85.2 Å². The molecule has 1 unspecified atom stereocenters. The number of carbonyl (C=O) groups excluding carboxylic acids is 1. The van der Waals surface area contributed by atoms with E-state index >= 15 is 0 Å². The molecule has 1 aliphatic carbocycles. The quantitative estimate of drug-likeness (QED) is 0.676. The number of rotatable bonds is 5. The van der Waals surface area contributed by atoms with Gasteiger partial charge < -0.3 is 14.4 Å². The van der Waals surface area contributed by atoms with Crippen molar-refractivity contribution >= 4 is 6.09 Å². The van der Waals surface area contributed by atoms with Gasteiger partial charge in [0.2, 0.25) is 0 Å². The van der Waals surface area contributed by atoms with E-state index in [0.717, 1.165) is 0 Å². The van der Waals surface area contributed by atoms with E-state index in [4.69, 9.17) is 9.47 Å². The second kappa shape index (κ2) is 5.20. The molecular formula is C10H19NO3. The molecule has 0 N–H and O–H groups in total. The molecular weight excluding hydrogens is 182 g/mol. The second-order valence-electron chi connectivity index (χ2n) is 3.73. The Bertz CT molecular complexity index is 192. The number of ether oxygens (including phenoxy) is 2. The Morgan fingerprint density at radius 2 is 2.14 bits per heavy atom. The van der Waals surface area contributed by atoms with Gasteiger partial charge in [0.15, 0.2) is 0 Å². The van der Waals surface area contributed by atoms with Crippen molar-refractivity contribution in [3.05, 3.63) is 0 Å². The molecule has 0 spiro atoms. The molecule has 0 bridgehead atoms. The lowest BCUT2D eigenvalue weighted by atomic mass is 10.2. The molecule has 4 heteroatoms. The maximum atomic E-state index is 11.4. The fourth-order valence-corrected chi connectivity index (χ4v) is 1.60. The van der Waals surface area contributed by atoms with Crippen LogP contribution in [0, 0.1) is 5.92 Å². The fourth-order valence-electron chi connectivity index (χ4n) is 1.60. The minimum atomic E-state index is -0.249. The highest BCUT2D eigenvalue weighted by atomic mass is 16.5. The van der Waals surface area contributed by atoms with E-state index < -0.39 is 0 Å². The van der Waals surface area contributed by atoms with E-state index in [0.29, 0.717) is 19.1 Å². The van der Waals surface area contributed by atoms with Gasteiger partial charge in [-0.15, -0.1) is 0 Å². The van der Waals surface area contributed by atoms with Crippen molar-refractivity contribution in [1.29, 1.82) is 0 Å². The average Bonchev–Trinajstić information content (AvgIpc) is 3.00. The molecule has 1 rings (SSSR count). The summed E-state index contributed by atoms with van der Waals surface area (Å²) in [5.74, 6) is 0.658. The highest BCUT2D eigenvalue weighted by Crippen LogP contribution is 2.35. The van der Waals surface area contributed by atoms with Crippen LogP contribution in [0.3, 0.4) is 0 Å². The van der Waals surface area contributed by atoms with Crippen molar-refractivity contribution in [1.82, 2.24) is 4.90 Å². The molecule has 4 nitrogen and oxygen atoms in total. The van der Waals surface area contributed by atoms with Gasteiger partial charge in [0, 0.05) is 19.7 Å². The van der Waals surface area contributed by atoms with Gasteiger partial charge in [-0.1, -0.05) is 0 Å². The van der Waals surface area contributed by atoms with Gasteiger partial charge >= 0.3 is 6.09 Å². The van der Waals surface area contributed by atoms with Crippen LogP contribution in [0.5, 0.6) is 0 Å². The fraction of sp³-hybridized carbons (Fsp3) is 0.900. The Morgan fingerprint density at radius 3 is 2.57 bits per heavy atom. The summed E-state index contributed by atoms with van der Waals surface area (Å²) >= 11 is 0. The van der Waals surface area contributed by atoms with Crippen LogP contribution in [0.4, 0.5) is 4.79 Å². The van der Waals surface area contributed by atoms with Crippen molar-refractivity contribution in [2.45, 2.75) is 25.8 Å². The van der Waals surface area contributed by atoms with E-state index in [1.807, 2.05) is 0 Å². The number of carbonyl (C=O) groups is 1. The first-order valence-corrected chi connectivity index (χ1v) is 5.04. The van der Waals surface area contributed by atoms with Crippen LogP contribution in [0.25, 0.3) is 0 Å². The van der Waals surface area contributed by atoms with E-state index in [1.165, 1.54) is 20.0 Å². The molecule has 0 saturated heterocycles. The Morgan fingerprint density at radius 1 is 1.50 bits per heavy atom. The van der Waals surface area contributed by atoms with Crippen molar-refractivity contribution in [2.75, 3.05) is 27.4 Å². The molecule has 1 amide bonds. The first-order valence-electron chi connectivity index (χ1n) is 5.04. The molecule has 0 aromatic heterocycles. The monoisotopic (exact) mass is 201 g/mol. The summed E-state index contributed by atoms with van der Waals surface area (Å²) in [6.07, 6.45) is 2.20. The largest absolute Gasteiger partial charge is 0.453 e. The molecule has 0 aliphatic heterocycles. The number of methoxy groups -OCH3 is 2. The highest BCUT2D eigenvalue weighted by molar-refractivity contribution is 5.67. The molecule has 1 aliphatic rings. The highest BCUT2D eigenvalue weighted by Gasteiger charge is 2.34.